The Bertz CT molecular complexity index is 529. The van der Waals surface area contributed by atoms with Crippen LogP contribution in [0.15, 0.2) is 36.7 Å². The van der Waals surface area contributed by atoms with Gasteiger partial charge in [0.05, 0.1) is 0 Å². The number of fused-ring (bicyclic) bond motifs is 1. The van der Waals surface area contributed by atoms with E-state index in [1.165, 1.54) is 11.1 Å². The van der Waals surface area contributed by atoms with E-state index in [-0.39, 0.29) is 0 Å². The molecule has 92 valence electrons. The molecule has 2 heterocycles. The van der Waals surface area contributed by atoms with Gasteiger partial charge in [0.2, 0.25) is 0 Å². The van der Waals surface area contributed by atoms with Crippen LogP contribution in [-0.4, -0.2) is 23.1 Å². The summed E-state index contributed by atoms with van der Waals surface area (Å²) in [6, 6.07) is 8.61. The van der Waals surface area contributed by atoms with Crippen molar-refractivity contribution < 1.29 is 0 Å². The number of benzene rings is 1. The number of anilines is 1. The van der Waals surface area contributed by atoms with Gasteiger partial charge in [-0.25, -0.2) is 9.97 Å². The summed E-state index contributed by atoms with van der Waals surface area (Å²) in [5, 5.41) is 0.489. The topological polar surface area (TPSA) is 29.0 Å². The van der Waals surface area contributed by atoms with Gasteiger partial charge >= 0.3 is 0 Å². The van der Waals surface area contributed by atoms with E-state index in [4.69, 9.17) is 11.6 Å². The Hall–Kier alpha value is -1.61. The zero-order chi connectivity index (χ0) is 12.4. The molecule has 0 saturated carbocycles. The molecule has 0 atom stereocenters. The Morgan fingerprint density at radius 2 is 1.56 bits per heavy atom. The van der Waals surface area contributed by atoms with Crippen molar-refractivity contribution in [1.82, 2.24) is 9.97 Å². The minimum absolute atomic E-state index is 0.489. The zero-order valence-corrected chi connectivity index (χ0v) is 10.8. The normalized spacial score (nSPS) is 15.1. The van der Waals surface area contributed by atoms with Gasteiger partial charge < -0.3 is 4.90 Å². The van der Waals surface area contributed by atoms with Crippen LogP contribution in [0.2, 0.25) is 5.15 Å². The minimum Gasteiger partial charge on any atom is -0.353 e. The summed E-state index contributed by atoms with van der Waals surface area (Å²) in [6.45, 7) is 1.88. The zero-order valence-electron chi connectivity index (χ0n) is 10.0. The number of rotatable bonds is 1. The first-order chi connectivity index (χ1) is 8.84. The fourth-order valence-electron chi connectivity index (χ4n) is 2.41. The molecule has 3 nitrogen and oxygen atoms in total. The lowest BCUT2D eigenvalue weighted by Gasteiger charge is -2.21. The van der Waals surface area contributed by atoms with Crippen molar-refractivity contribution >= 4 is 17.4 Å². The Morgan fingerprint density at radius 3 is 2.17 bits per heavy atom. The van der Waals surface area contributed by atoms with E-state index in [0.717, 1.165) is 31.7 Å². The van der Waals surface area contributed by atoms with E-state index >= 15 is 0 Å². The van der Waals surface area contributed by atoms with Gasteiger partial charge in [0.25, 0.3) is 0 Å². The highest BCUT2D eigenvalue weighted by atomic mass is 35.5. The summed E-state index contributed by atoms with van der Waals surface area (Å²) < 4.78 is 0. The fraction of sp³-hybridized carbons (Fsp3) is 0.286. The highest BCUT2D eigenvalue weighted by Gasteiger charge is 2.17. The quantitative estimate of drug-likeness (QED) is 0.789. The fourth-order valence-corrected chi connectivity index (χ4v) is 2.63. The highest BCUT2D eigenvalue weighted by molar-refractivity contribution is 6.31. The van der Waals surface area contributed by atoms with Crippen molar-refractivity contribution in [3.63, 3.8) is 0 Å². The monoisotopic (exact) mass is 259 g/mol. The molecule has 4 heteroatoms. The third kappa shape index (κ3) is 2.18. The van der Waals surface area contributed by atoms with E-state index in [9.17, 15) is 0 Å². The molecule has 1 aromatic carbocycles. The summed E-state index contributed by atoms with van der Waals surface area (Å²) in [7, 11) is 0. The molecule has 1 aliphatic rings. The van der Waals surface area contributed by atoms with Crippen LogP contribution in [0.1, 0.15) is 11.1 Å². The van der Waals surface area contributed by atoms with Crippen molar-refractivity contribution in [1.29, 1.82) is 0 Å². The van der Waals surface area contributed by atoms with E-state index in [2.05, 4.69) is 39.1 Å². The Labute approximate surface area is 111 Å². The van der Waals surface area contributed by atoms with Crippen molar-refractivity contribution in [3.8, 4) is 0 Å². The smallest absolute Gasteiger partial charge is 0.171 e. The maximum absolute atomic E-state index is 6.11. The molecule has 0 radical (unpaired) electrons. The summed E-state index contributed by atoms with van der Waals surface area (Å²) in [5.41, 5.74) is 2.86. The molecule has 0 amide bonds. The molecular formula is C14H14ClN3. The van der Waals surface area contributed by atoms with Gasteiger partial charge in [0.1, 0.15) is 0 Å². The van der Waals surface area contributed by atoms with Crippen LogP contribution >= 0.6 is 11.6 Å². The predicted molar refractivity (Wildman–Crippen MR) is 73.1 cm³/mol. The first-order valence-corrected chi connectivity index (χ1v) is 6.50. The molecule has 0 N–H and O–H groups in total. The number of halogens is 1. The van der Waals surface area contributed by atoms with Crippen LogP contribution in [0, 0.1) is 0 Å². The molecular weight excluding hydrogens is 246 g/mol. The molecule has 1 aromatic heterocycles. The Morgan fingerprint density at radius 1 is 0.944 bits per heavy atom. The highest BCUT2D eigenvalue weighted by Crippen LogP contribution is 2.23. The molecule has 0 aliphatic carbocycles. The van der Waals surface area contributed by atoms with Crippen LogP contribution in [-0.2, 0) is 12.8 Å². The third-order valence-electron chi connectivity index (χ3n) is 3.36. The summed E-state index contributed by atoms with van der Waals surface area (Å²) in [6.07, 6.45) is 5.38. The largest absolute Gasteiger partial charge is 0.353 e. The Balaban J connectivity index is 1.85. The average molecular weight is 260 g/mol. The number of aromatic nitrogens is 2. The molecule has 0 unspecified atom stereocenters. The van der Waals surface area contributed by atoms with Crippen LogP contribution < -0.4 is 4.90 Å². The lowest BCUT2D eigenvalue weighted by molar-refractivity contribution is 0.787. The number of hydrogen-bond donors (Lipinski definition) is 0. The van der Waals surface area contributed by atoms with Gasteiger partial charge in [-0.15, -0.1) is 0 Å². The van der Waals surface area contributed by atoms with Gasteiger partial charge in [-0.05, 0) is 24.0 Å². The van der Waals surface area contributed by atoms with Crippen LogP contribution in [0.25, 0.3) is 0 Å². The van der Waals surface area contributed by atoms with Gasteiger partial charge in [-0.2, -0.15) is 0 Å². The van der Waals surface area contributed by atoms with Crippen molar-refractivity contribution in [2.45, 2.75) is 12.8 Å². The molecule has 0 bridgehead atoms. The molecule has 3 rings (SSSR count). The van der Waals surface area contributed by atoms with Gasteiger partial charge in [0, 0.05) is 25.5 Å². The second-order valence-electron chi connectivity index (χ2n) is 4.43. The van der Waals surface area contributed by atoms with Gasteiger partial charge in [-0.3, -0.25) is 0 Å². The summed E-state index contributed by atoms with van der Waals surface area (Å²) in [5.74, 6) is 0.798. The SMILES string of the molecule is Clc1nccnc1N1CCc2ccccc2CC1. The first-order valence-electron chi connectivity index (χ1n) is 6.13. The second kappa shape index (κ2) is 4.94. The number of nitrogens with zero attached hydrogens (tertiary/aromatic N) is 3. The average Bonchev–Trinajstić information content (AvgIpc) is 2.62. The standard InChI is InChI=1S/C14H14ClN3/c15-13-14(17-8-7-16-13)18-9-5-11-3-1-2-4-12(11)6-10-18/h1-4,7-8H,5-6,9-10H2. The summed E-state index contributed by atoms with van der Waals surface area (Å²) >= 11 is 6.11. The van der Waals surface area contributed by atoms with E-state index < -0.39 is 0 Å². The molecule has 0 saturated heterocycles. The van der Waals surface area contributed by atoms with Gasteiger partial charge in [-0.1, -0.05) is 35.9 Å². The van der Waals surface area contributed by atoms with Crippen molar-refractivity contribution in [2.75, 3.05) is 18.0 Å². The first kappa shape index (κ1) is 11.5. The number of hydrogen-bond acceptors (Lipinski definition) is 3. The van der Waals surface area contributed by atoms with E-state index in [1.54, 1.807) is 12.4 Å². The third-order valence-corrected chi connectivity index (χ3v) is 3.62. The lowest BCUT2D eigenvalue weighted by atomic mass is 10.0. The molecule has 1 aliphatic heterocycles. The molecule has 18 heavy (non-hydrogen) atoms. The van der Waals surface area contributed by atoms with Crippen molar-refractivity contribution in [3.05, 3.63) is 52.9 Å². The summed E-state index contributed by atoms with van der Waals surface area (Å²) in [4.78, 5) is 10.7. The minimum atomic E-state index is 0.489. The van der Waals surface area contributed by atoms with Gasteiger partial charge in [0.15, 0.2) is 11.0 Å². The molecule has 0 spiro atoms. The lowest BCUT2D eigenvalue weighted by Crippen LogP contribution is -2.27. The van der Waals surface area contributed by atoms with Crippen molar-refractivity contribution in [2.24, 2.45) is 0 Å². The van der Waals surface area contributed by atoms with Crippen LogP contribution in [0.3, 0.4) is 0 Å². The van der Waals surface area contributed by atoms with Crippen LogP contribution in [0.4, 0.5) is 5.82 Å². The maximum atomic E-state index is 6.11. The molecule has 2 aromatic rings. The van der Waals surface area contributed by atoms with E-state index in [0.29, 0.717) is 5.15 Å². The van der Waals surface area contributed by atoms with E-state index in [1.807, 2.05) is 0 Å². The Kier molecular flexibility index (Phi) is 3.15. The molecule has 0 fully saturated rings. The second-order valence-corrected chi connectivity index (χ2v) is 4.78. The predicted octanol–water partition coefficient (Wildman–Crippen LogP) is 2.74. The maximum Gasteiger partial charge on any atom is 0.171 e. The van der Waals surface area contributed by atoms with Crippen LogP contribution in [0.5, 0.6) is 0 Å².